The highest BCUT2D eigenvalue weighted by molar-refractivity contribution is 5.95. The number of nitrogens with one attached hydrogen (secondary N) is 1. The zero-order chi connectivity index (χ0) is 26.0. The summed E-state index contributed by atoms with van der Waals surface area (Å²) in [6, 6.07) is 1.54. The van der Waals surface area contributed by atoms with Crippen molar-refractivity contribution >= 4 is 18.0 Å². The van der Waals surface area contributed by atoms with Crippen LogP contribution in [-0.4, -0.2) is 73.1 Å². The average molecular weight is 488 g/mol. The van der Waals surface area contributed by atoms with E-state index in [9.17, 15) is 19.5 Å². The van der Waals surface area contributed by atoms with Gasteiger partial charge in [-0.2, -0.15) is 5.10 Å². The van der Waals surface area contributed by atoms with Gasteiger partial charge in [0.1, 0.15) is 11.4 Å². The fourth-order valence-corrected chi connectivity index (χ4v) is 3.57. The van der Waals surface area contributed by atoms with Gasteiger partial charge in [0.15, 0.2) is 5.69 Å². The van der Waals surface area contributed by atoms with E-state index in [-0.39, 0.29) is 30.1 Å². The Kier molecular flexibility index (Phi) is 7.37. The monoisotopic (exact) mass is 487 g/mol. The van der Waals surface area contributed by atoms with Crippen LogP contribution in [0.1, 0.15) is 64.0 Å². The molecule has 1 aliphatic heterocycles. The minimum absolute atomic E-state index is 0.108. The quantitative estimate of drug-likeness (QED) is 0.563. The SMILES string of the molecule is CC(C)(C)OC(=O)N1CCC(n2cc(-c3cnc(C(=O)NCC(C)(C)C(=O)O)c(O)c3)cn2)CC1. The van der Waals surface area contributed by atoms with Crippen molar-refractivity contribution in [2.45, 2.75) is 59.1 Å². The van der Waals surface area contributed by atoms with Gasteiger partial charge in [0.2, 0.25) is 0 Å². The fourth-order valence-electron chi connectivity index (χ4n) is 3.57. The third-order valence-corrected chi connectivity index (χ3v) is 5.78. The highest BCUT2D eigenvalue weighted by Crippen LogP contribution is 2.28. The third kappa shape index (κ3) is 6.49. The Morgan fingerprint density at radius 1 is 1.11 bits per heavy atom. The van der Waals surface area contributed by atoms with Crippen molar-refractivity contribution in [3.63, 3.8) is 0 Å². The molecule has 11 nitrogen and oxygen atoms in total. The minimum Gasteiger partial charge on any atom is -0.505 e. The number of carboxylic acids is 1. The Balaban J connectivity index is 1.62. The van der Waals surface area contributed by atoms with Gasteiger partial charge in [-0.15, -0.1) is 0 Å². The number of aliphatic carboxylic acids is 1. The largest absolute Gasteiger partial charge is 0.505 e. The van der Waals surface area contributed by atoms with Crippen LogP contribution in [0.25, 0.3) is 11.1 Å². The van der Waals surface area contributed by atoms with E-state index in [1.54, 1.807) is 11.1 Å². The number of nitrogens with zero attached hydrogens (tertiary/aromatic N) is 4. The van der Waals surface area contributed by atoms with E-state index in [0.717, 1.165) is 18.4 Å². The van der Waals surface area contributed by atoms with Crippen molar-refractivity contribution in [3.8, 4) is 16.9 Å². The van der Waals surface area contributed by atoms with Crippen LogP contribution in [0.5, 0.6) is 5.75 Å². The molecule has 0 aromatic carbocycles. The van der Waals surface area contributed by atoms with Crippen molar-refractivity contribution in [1.29, 1.82) is 0 Å². The normalized spacial score (nSPS) is 15.1. The summed E-state index contributed by atoms with van der Waals surface area (Å²) < 4.78 is 7.28. The number of aromatic hydroxyl groups is 1. The third-order valence-electron chi connectivity index (χ3n) is 5.78. The van der Waals surface area contributed by atoms with Crippen LogP contribution in [0.4, 0.5) is 4.79 Å². The van der Waals surface area contributed by atoms with Gasteiger partial charge < -0.3 is 25.2 Å². The molecule has 0 aliphatic carbocycles. The van der Waals surface area contributed by atoms with Gasteiger partial charge in [0.25, 0.3) is 5.91 Å². The number of rotatable bonds is 6. The van der Waals surface area contributed by atoms with E-state index >= 15 is 0 Å². The molecule has 0 saturated carbocycles. The summed E-state index contributed by atoms with van der Waals surface area (Å²) in [5.41, 5.74) is -0.556. The maximum Gasteiger partial charge on any atom is 0.410 e. The van der Waals surface area contributed by atoms with Crippen LogP contribution in [0, 0.1) is 5.41 Å². The molecule has 2 aromatic rings. The van der Waals surface area contributed by atoms with Gasteiger partial charge >= 0.3 is 12.1 Å². The molecule has 0 radical (unpaired) electrons. The van der Waals surface area contributed by atoms with E-state index in [2.05, 4.69) is 15.4 Å². The Morgan fingerprint density at radius 2 is 1.77 bits per heavy atom. The number of ether oxygens (including phenoxy) is 1. The zero-order valence-corrected chi connectivity index (χ0v) is 20.7. The molecule has 1 saturated heterocycles. The van der Waals surface area contributed by atoms with E-state index in [1.807, 2.05) is 31.6 Å². The number of carbonyl (C=O) groups excluding carboxylic acids is 2. The number of amides is 2. The van der Waals surface area contributed by atoms with Crippen molar-refractivity contribution in [3.05, 3.63) is 30.4 Å². The molecular weight excluding hydrogens is 454 g/mol. The van der Waals surface area contributed by atoms with Gasteiger partial charge in [-0.3, -0.25) is 14.3 Å². The topological polar surface area (TPSA) is 147 Å². The van der Waals surface area contributed by atoms with Crippen LogP contribution in [0.3, 0.4) is 0 Å². The minimum atomic E-state index is -1.15. The lowest BCUT2D eigenvalue weighted by Crippen LogP contribution is -2.42. The van der Waals surface area contributed by atoms with Crippen molar-refractivity contribution in [1.82, 2.24) is 25.0 Å². The summed E-state index contributed by atoms with van der Waals surface area (Å²) in [4.78, 5) is 41.6. The highest BCUT2D eigenvalue weighted by atomic mass is 16.6. The lowest BCUT2D eigenvalue weighted by Gasteiger charge is -2.33. The number of hydrogen-bond donors (Lipinski definition) is 3. The molecule has 35 heavy (non-hydrogen) atoms. The second kappa shape index (κ2) is 9.93. The van der Waals surface area contributed by atoms with E-state index in [0.29, 0.717) is 18.7 Å². The Morgan fingerprint density at radius 3 is 2.34 bits per heavy atom. The summed E-state index contributed by atoms with van der Waals surface area (Å²) in [7, 11) is 0. The molecule has 1 aliphatic rings. The first kappa shape index (κ1) is 26.0. The van der Waals surface area contributed by atoms with Crippen molar-refractivity contribution in [2.24, 2.45) is 5.41 Å². The molecule has 0 spiro atoms. The first-order chi connectivity index (χ1) is 16.3. The van der Waals surface area contributed by atoms with Crippen LogP contribution in [-0.2, 0) is 9.53 Å². The molecule has 3 N–H and O–H groups in total. The molecule has 11 heteroatoms. The maximum atomic E-state index is 12.4. The predicted octanol–water partition coefficient (Wildman–Crippen LogP) is 3.06. The molecule has 3 heterocycles. The lowest BCUT2D eigenvalue weighted by atomic mass is 9.94. The van der Waals surface area contributed by atoms with E-state index < -0.39 is 22.9 Å². The summed E-state index contributed by atoms with van der Waals surface area (Å²) in [5, 5.41) is 26.5. The number of pyridine rings is 1. The number of carboxylic acid groups (broad SMARTS) is 1. The van der Waals surface area contributed by atoms with Crippen molar-refractivity contribution in [2.75, 3.05) is 19.6 Å². The molecule has 0 bridgehead atoms. The van der Waals surface area contributed by atoms with Crippen LogP contribution in [0.2, 0.25) is 0 Å². The number of likely N-dealkylation sites (tertiary alicyclic amines) is 1. The highest BCUT2D eigenvalue weighted by Gasteiger charge is 2.29. The van der Waals surface area contributed by atoms with Crippen LogP contribution in [0.15, 0.2) is 24.7 Å². The van der Waals surface area contributed by atoms with Gasteiger partial charge in [-0.1, -0.05) is 0 Å². The molecular formula is C24H33N5O6. The molecule has 0 unspecified atom stereocenters. The molecule has 2 amide bonds. The molecule has 2 aromatic heterocycles. The smallest absolute Gasteiger partial charge is 0.410 e. The fraction of sp³-hybridized carbons (Fsp3) is 0.542. The van der Waals surface area contributed by atoms with Crippen molar-refractivity contribution < 1.29 is 29.3 Å². The number of aromatic nitrogens is 3. The molecule has 190 valence electrons. The van der Waals surface area contributed by atoms with Crippen LogP contribution >= 0.6 is 0 Å². The van der Waals surface area contributed by atoms with E-state index in [1.165, 1.54) is 26.1 Å². The summed E-state index contributed by atoms with van der Waals surface area (Å²) in [6.45, 7) is 9.54. The Hall–Kier alpha value is -3.63. The number of carbonyl (C=O) groups is 3. The maximum absolute atomic E-state index is 12.4. The van der Waals surface area contributed by atoms with Crippen LogP contribution < -0.4 is 5.32 Å². The van der Waals surface area contributed by atoms with Gasteiger partial charge in [-0.05, 0) is 53.5 Å². The number of piperidine rings is 1. The van der Waals surface area contributed by atoms with Gasteiger partial charge in [-0.25, -0.2) is 9.78 Å². The van der Waals surface area contributed by atoms with E-state index in [4.69, 9.17) is 9.84 Å². The Bertz CT molecular complexity index is 1100. The zero-order valence-electron chi connectivity index (χ0n) is 20.7. The summed E-state index contributed by atoms with van der Waals surface area (Å²) in [6.07, 6.45) is 6.12. The average Bonchev–Trinajstić information content (AvgIpc) is 3.26. The summed E-state index contributed by atoms with van der Waals surface area (Å²) >= 11 is 0. The Labute approximate surface area is 204 Å². The summed E-state index contributed by atoms with van der Waals surface area (Å²) in [5.74, 6) is -2.01. The number of hydrogen-bond acceptors (Lipinski definition) is 7. The predicted molar refractivity (Wildman–Crippen MR) is 127 cm³/mol. The second-order valence-electron chi connectivity index (χ2n) is 10.4. The second-order valence-corrected chi connectivity index (χ2v) is 10.4. The standard InChI is InChI=1S/C24H33N5O6/c1-23(2,3)35-22(34)28-8-6-17(7-9-28)29-13-16(12-27-29)15-10-18(30)19(25-11-15)20(31)26-14-24(4,5)21(32)33/h10-13,17,30H,6-9,14H2,1-5H3,(H,26,31)(H,32,33). The first-order valence-corrected chi connectivity index (χ1v) is 11.5. The molecule has 0 atom stereocenters. The molecule has 1 fully saturated rings. The van der Waals surface area contributed by atoms with Gasteiger partial charge in [0, 0.05) is 43.2 Å². The molecule has 3 rings (SSSR count). The lowest BCUT2D eigenvalue weighted by molar-refractivity contribution is -0.146. The first-order valence-electron chi connectivity index (χ1n) is 11.5. The van der Waals surface area contributed by atoms with Gasteiger partial charge in [0.05, 0.1) is 17.7 Å².